The van der Waals surface area contributed by atoms with E-state index in [0.717, 1.165) is 31.7 Å². The number of benzene rings is 1. The zero-order valence-electron chi connectivity index (χ0n) is 10.8. The lowest BCUT2D eigenvalue weighted by molar-refractivity contribution is 0.109. The van der Waals surface area contributed by atoms with Gasteiger partial charge < -0.3 is 4.42 Å². The van der Waals surface area contributed by atoms with Crippen molar-refractivity contribution in [2.24, 2.45) is 0 Å². The molecule has 0 amide bonds. The van der Waals surface area contributed by atoms with Crippen molar-refractivity contribution in [2.75, 3.05) is 13.1 Å². The van der Waals surface area contributed by atoms with E-state index in [1.807, 2.05) is 6.07 Å². The predicted octanol–water partition coefficient (Wildman–Crippen LogP) is 3.08. The van der Waals surface area contributed by atoms with Crippen molar-refractivity contribution in [3.8, 4) is 0 Å². The van der Waals surface area contributed by atoms with E-state index >= 15 is 0 Å². The molecule has 2 heterocycles. The van der Waals surface area contributed by atoms with E-state index in [1.165, 1.54) is 12.0 Å². The fourth-order valence-corrected chi connectivity index (χ4v) is 2.74. The van der Waals surface area contributed by atoms with Crippen LogP contribution in [0.1, 0.15) is 34.2 Å². The third-order valence-corrected chi connectivity index (χ3v) is 3.72. The topological polar surface area (TPSA) is 33.5 Å². The van der Waals surface area contributed by atoms with Gasteiger partial charge in [-0.3, -0.25) is 9.69 Å². The quantitative estimate of drug-likeness (QED) is 0.787. The number of hydrogen-bond donors (Lipinski definition) is 0. The summed E-state index contributed by atoms with van der Waals surface area (Å²) in [6, 6.07) is 14.3. The number of carbonyl (C=O) groups is 1. The highest BCUT2D eigenvalue weighted by atomic mass is 16.3. The Morgan fingerprint density at radius 3 is 2.79 bits per heavy atom. The molecule has 1 aliphatic rings. The molecule has 0 saturated carbocycles. The molecule has 1 saturated heterocycles. The van der Waals surface area contributed by atoms with Gasteiger partial charge in [-0.15, -0.1) is 0 Å². The summed E-state index contributed by atoms with van der Waals surface area (Å²) in [5.74, 6) is 1.89. The van der Waals surface area contributed by atoms with Crippen LogP contribution in [0, 0.1) is 0 Å². The van der Waals surface area contributed by atoms with Gasteiger partial charge in [-0.1, -0.05) is 30.3 Å². The average molecular weight is 255 g/mol. The van der Waals surface area contributed by atoms with E-state index in [-0.39, 0.29) is 0 Å². The van der Waals surface area contributed by atoms with Crippen LogP contribution in [0.5, 0.6) is 0 Å². The van der Waals surface area contributed by atoms with Gasteiger partial charge >= 0.3 is 0 Å². The number of rotatable bonds is 4. The number of furan rings is 1. The van der Waals surface area contributed by atoms with Crippen LogP contribution in [-0.4, -0.2) is 24.3 Å². The largest absolute Gasteiger partial charge is 0.457 e. The Balaban J connectivity index is 1.61. The summed E-state index contributed by atoms with van der Waals surface area (Å²) in [6.07, 6.45) is 1.94. The molecule has 0 radical (unpaired) electrons. The Morgan fingerprint density at radius 1 is 1.21 bits per heavy atom. The zero-order chi connectivity index (χ0) is 13.1. The molecule has 0 N–H and O–H groups in total. The summed E-state index contributed by atoms with van der Waals surface area (Å²) in [4.78, 5) is 13.0. The Labute approximate surface area is 112 Å². The highest BCUT2D eigenvalue weighted by Crippen LogP contribution is 2.28. The minimum Gasteiger partial charge on any atom is -0.457 e. The van der Waals surface area contributed by atoms with Crippen molar-refractivity contribution in [2.45, 2.75) is 18.9 Å². The number of carbonyl (C=O) groups excluding carboxylic acids is 1. The molecular weight excluding hydrogens is 238 g/mol. The molecule has 19 heavy (non-hydrogen) atoms. The van der Waals surface area contributed by atoms with Gasteiger partial charge in [-0.05, 0) is 36.6 Å². The van der Waals surface area contributed by atoms with Crippen molar-refractivity contribution in [3.05, 3.63) is 59.5 Å². The lowest BCUT2D eigenvalue weighted by atomic mass is 9.99. The lowest BCUT2D eigenvalue weighted by Crippen LogP contribution is -2.19. The summed E-state index contributed by atoms with van der Waals surface area (Å²) in [5.41, 5.74) is 1.41. The second-order valence-corrected chi connectivity index (χ2v) is 5.05. The summed E-state index contributed by atoms with van der Waals surface area (Å²) >= 11 is 0. The van der Waals surface area contributed by atoms with E-state index in [0.29, 0.717) is 11.7 Å². The SMILES string of the molecule is O=Cc1ccc(CN2CCC(c3ccccc3)C2)o1. The van der Waals surface area contributed by atoms with Crippen LogP contribution in [0.15, 0.2) is 46.9 Å². The van der Waals surface area contributed by atoms with Gasteiger partial charge in [0.05, 0.1) is 6.54 Å². The van der Waals surface area contributed by atoms with Crippen molar-refractivity contribution < 1.29 is 9.21 Å². The van der Waals surface area contributed by atoms with Gasteiger partial charge in [0.25, 0.3) is 0 Å². The zero-order valence-corrected chi connectivity index (χ0v) is 10.8. The first-order valence-corrected chi connectivity index (χ1v) is 6.66. The maximum Gasteiger partial charge on any atom is 0.185 e. The van der Waals surface area contributed by atoms with E-state index < -0.39 is 0 Å². The van der Waals surface area contributed by atoms with Gasteiger partial charge in [-0.2, -0.15) is 0 Å². The monoisotopic (exact) mass is 255 g/mol. The summed E-state index contributed by atoms with van der Waals surface area (Å²) in [5, 5.41) is 0. The van der Waals surface area contributed by atoms with Crippen LogP contribution >= 0.6 is 0 Å². The molecule has 1 aromatic carbocycles. The summed E-state index contributed by atoms with van der Waals surface area (Å²) in [6.45, 7) is 2.93. The molecule has 1 aliphatic heterocycles. The molecule has 3 heteroatoms. The minimum atomic E-state index is 0.411. The van der Waals surface area contributed by atoms with Gasteiger partial charge in [0.1, 0.15) is 5.76 Å². The van der Waals surface area contributed by atoms with Gasteiger partial charge in [0, 0.05) is 6.54 Å². The van der Waals surface area contributed by atoms with Crippen molar-refractivity contribution in [1.82, 2.24) is 4.90 Å². The summed E-state index contributed by atoms with van der Waals surface area (Å²) < 4.78 is 5.43. The predicted molar refractivity (Wildman–Crippen MR) is 73.2 cm³/mol. The standard InChI is InChI=1S/C16H17NO2/c18-12-16-7-6-15(19-16)11-17-9-8-14(10-17)13-4-2-1-3-5-13/h1-7,12,14H,8-11H2. The van der Waals surface area contributed by atoms with Crippen LogP contribution in [0.3, 0.4) is 0 Å². The molecule has 1 unspecified atom stereocenters. The van der Waals surface area contributed by atoms with Gasteiger partial charge in [-0.25, -0.2) is 0 Å². The van der Waals surface area contributed by atoms with E-state index in [4.69, 9.17) is 4.42 Å². The Hall–Kier alpha value is -1.87. The second kappa shape index (κ2) is 5.41. The lowest BCUT2D eigenvalue weighted by Gasteiger charge is -2.14. The van der Waals surface area contributed by atoms with Crippen molar-refractivity contribution >= 4 is 6.29 Å². The normalized spacial score (nSPS) is 19.7. The highest BCUT2D eigenvalue weighted by Gasteiger charge is 2.24. The second-order valence-electron chi connectivity index (χ2n) is 5.05. The smallest absolute Gasteiger partial charge is 0.185 e. The minimum absolute atomic E-state index is 0.411. The van der Waals surface area contributed by atoms with Crippen LogP contribution in [0.2, 0.25) is 0 Å². The Morgan fingerprint density at radius 2 is 2.05 bits per heavy atom. The molecule has 98 valence electrons. The van der Waals surface area contributed by atoms with E-state index in [1.54, 1.807) is 6.07 Å². The molecule has 1 atom stereocenters. The van der Waals surface area contributed by atoms with Crippen LogP contribution in [0.25, 0.3) is 0 Å². The molecular formula is C16H17NO2. The third-order valence-electron chi connectivity index (χ3n) is 3.72. The van der Waals surface area contributed by atoms with E-state index in [2.05, 4.69) is 35.2 Å². The van der Waals surface area contributed by atoms with E-state index in [9.17, 15) is 4.79 Å². The molecule has 0 spiro atoms. The maximum atomic E-state index is 10.6. The molecule has 0 bridgehead atoms. The molecule has 1 aromatic heterocycles. The van der Waals surface area contributed by atoms with Gasteiger partial charge in [0.15, 0.2) is 12.0 Å². The third kappa shape index (κ3) is 2.76. The first kappa shape index (κ1) is 12.2. The molecule has 1 fully saturated rings. The van der Waals surface area contributed by atoms with Crippen LogP contribution < -0.4 is 0 Å². The molecule has 2 aromatic rings. The number of nitrogens with zero attached hydrogens (tertiary/aromatic N) is 1. The van der Waals surface area contributed by atoms with Crippen LogP contribution in [-0.2, 0) is 6.54 Å². The number of likely N-dealkylation sites (tertiary alicyclic amines) is 1. The van der Waals surface area contributed by atoms with Crippen molar-refractivity contribution in [1.29, 1.82) is 0 Å². The summed E-state index contributed by atoms with van der Waals surface area (Å²) in [7, 11) is 0. The first-order valence-electron chi connectivity index (χ1n) is 6.66. The first-order chi connectivity index (χ1) is 9.35. The number of aldehydes is 1. The Kier molecular flexibility index (Phi) is 3.47. The fourth-order valence-electron chi connectivity index (χ4n) is 2.74. The number of hydrogen-bond acceptors (Lipinski definition) is 3. The van der Waals surface area contributed by atoms with Crippen molar-refractivity contribution in [3.63, 3.8) is 0 Å². The van der Waals surface area contributed by atoms with Crippen LogP contribution in [0.4, 0.5) is 0 Å². The molecule has 3 nitrogen and oxygen atoms in total. The fraction of sp³-hybridized carbons (Fsp3) is 0.312. The molecule has 0 aliphatic carbocycles. The maximum absolute atomic E-state index is 10.6. The average Bonchev–Trinajstić information content (AvgIpc) is 3.09. The Bertz CT molecular complexity index is 547. The molecule has 3 rings (SSSR count). The highest BCUT2D eigenvalue weighted by molar-refractivity contribution is 5.70. The van der Waals surface area contributed by atoms with Gasteiger partial charge in [0.2, 0.25) is 0 Å².